The maximum Gasteiger partial charge on any atom is 0.433 e. The number of rotatable bonds is 5. The Kier molecular flexibility index (Phi) is 4.40. The molecule has 0 radical (unpaired) electrons. The first-order chi connectivity index (χ1) is 11.1. The van der Waals surface area contributed by atoms with Crippen LogP contribution in [0.15, 0.2) is 51.4 Å². The molecule has 1 aromatic carbocycles. The van der Waals surface area contributed by atoms with Crippen LogP contribution in [0.4, 0.5) is 5.88 Å². The highest BCUT2D eigenvalue weighted by Gasteiger charge is 2.10. The second-order valence-electron chi connectivity index (χ2n) is 4.20. The van der Waals surface area contributed by atoms with Gasteiger partial charge in [0, 0.05) is 5.02 Å². The van der Waals surface area contributed by atoms with Gasteiger partial charge in [-0.3, -0.25) is 10.1 Å². The number of nitrogens with zero attached hydrogens (tertiary/aromatic N) is 5. The topological polar surface area (TPSA) is 99.9 Å². The molecule has 2 aromatic heterocycles. The summed E-state index contributed by atoms with van der Waals surface area (Å²) in [5.74, 6) is 0.0652. The third-order valence-corrected chi connectivity index (χ3v) is 3.70. The fourth-order valence-electron chi connectivity index (χ4n) is 1.69. The van der Waals surface area contributed by atoms with Crippen LogP contribution in [-0.2, 0) is 0 Å². The predicted molar refractivity (Wildman–Crippen MR) is 84.4 cm³/mol. The van der Waals surface area contributed by atoms with Crippen molar-refractivity contribution in [2.75, 3.05) is 0 Å². The second kappa shape index (κ2) is 6.63. The van der Waals surface area contributed by atoms with Gasteiger partial charge in [-0.2, -0.15) is 4.68 Å². The molecule has 0 aliphatic heterocycles. The SMILES string of the molecule is O=[N+]([O-])c1ccc(/C=C/Sc2nnnn2-c2ccc(Cl)cc2)o1. The first-order valence-electron chi connectivity index (χ1n) is 6.25. The molecule has 0 saturated carbocycles. The third kappa shape index (κ3) is 3.58. The summed E-state index contributed by atoms with van der Waals surface area (Å²) < 4.78 is 6.57. The van der Waals surface area contributed by atoms with Crippen molar-refractivity contribution in [1.29, 1.82) is 0 Å². The van der Waals surface area contributed by atoms with Crippen molar-refractivity contribution in [2.24, 2.45) is 0 Å². The first kappa shape index (κ1) is 15.3. The normalized spacial score (nSPS) is 11.2. The Bertz CT molecular complexity index is 859. The Hall–Kier alpha value is -2.65. The van der Waals surface area contributed by atoms with Crippen molar-refractivity contribution in [2.45, 2.75) is 5.16 Å². The fourth-order valence-corrected chi connectivity index (χ4v) is 2.46. The molecule has 116 valence electrons. The lowest BCUT2D eigenvalue weighted by molar-refractivity contribution is -0.402. The maximum absolute atomic E-state index is 10.5. The van der Waals surface area contributed by atoms with E-state index in [0.29, 0.717) is 15.9 Å². The summed E-state index contributed by atoms with van der Waals surface area (Å²) in [7, 11) is 0. The minimum atomic E-state index is -0.592. The van der Waals surface area contributed by atoms with Gasteiger partial charge >= 0.3 is 5.88 Å². The molecule has 0 fully saturated rings. The van der Waals surface area contributed by atoms with Crippen LogP contribution in [0.5, 0.6) is 0 Å². The number of halogens is 1. The van der Waals surface area contributed by atoms with Gasteiger partial charge < -0.3 is 4.42 Å². The number of aromatic nitrogens is 4. The third-order valence-electron chi connectivity index (χ3n) is 2.71. The molecule has 2 heterocycles. The lowest BCUT2D eigenvalue weighted by Crippen LogP contribution is -1.97. The van der Waals surface area contributed by atoms with Gasteiger partial charge in [0.2, 0.25) is 5.16 Å². The molecule has 0 aliphatic rings. The lowest BCUT2D eigenvalue weighted by atomic mass is 10.3. The van der Waals surface area contributed by atoms with Crippen LogP contribution in [0.25, 0.3) is 11.8 Å². The van der Waals surface area contributed by atoms with Crippen LogP contribution < -0.4 is 0 Å². The summed E-state index contributed by atoms with van der Waals surface area (Å²) in [5.41, 5.74) is 0.768. The Labute approximate surface area is 138 Å². The van der Waals surface area contributed by atoms with Gasteiger partial charge in [-0.25, -0.2) is 0 Å². The fraction of sp³-hybridized carbons (Fsp3) is 0. The number of benzene rings is 1. The first-order valence-corrected chi connectivity index (χ1v) is 7.51. The predicted octanol–water partition coefficient (Wildman–Crippen LogP) is 3.58. The van der Waals surface area contributed by atoms with Crippen molar-refractivity contribution < 1.29 is 9.34 Å². The van der Waals surface area contributed by atoms with Gasteiger partial charge in [0.1, 0.15) is 10.7 Å². The highest BCUT2D eigenvalue weighted by molar-refractivity contribution is 8.02. The molecule has 0 atom stereocenters. The zero-order chi connectivity index (χ0) is 16.2. The van der Waals surface area contributed by atoms with E-state index in [1.807, 2.05) is 0 Å². The maximum atomic E-state index is 10.5. The van der Waals surface area contributed by atoms with E-state index < -0.39 is 4.92 Å². The van der Waals surface area contributed by atoms with Crippen LogP contribution in [-0.4, -0.2) is 25.1 Å². The summed E-state index contributed by atoms with van der Waals surface area (Å²) in [6, 6.07) is 9.87. The quantitative estimate of drug-likeness (QED) is 0.394. The van der Waals surface area contributed by atoms with E-state index in [1.54, 1.807) is 40.4 Å². The molecular formula is C13H8ClN5O3S. The Morgan fingerprint density at radius 3 is 2.74 bits per heavy atom. The highest BCUT2D eigenvalue weighted by atomic mass is 35.5. The average Bonchev–Trinajstić information content (AvgIpc) is 3.18. The highest BCUT2D eigenvalue weighted by Crippen LogP contribution is 2.23. The van der Waals surface area contributed by atoms with E-state index in [2.05, 4.69) is 15.5 Å². The Balaban J connectivity index is 1.73. The minimum absolute atomic E-state index is 0.305. The molecule has 3 aromatic rings. The molecule has 0 N–H and O–H groups in total. The number of hydrogen-bond acceptors (Lipinski definition) is 7. The molecule has 0 unspecified atom stereocenters. The number of thioether (sulfide) groups is 1. The molecule has 0 aliphatic carbocycles. The molecule has 0 amide bonds. The van der Waals surface area contributed by atoms with Crippen molar-refractivity contribution in [1.82, 2.24) is 20.2 Å². The molecule has 10 heteroatoms. The molecule has 23 heavy (non-hydrogen) atoms. The smallest absolute Gasteiger partial charge is 0.401 e. The van der Waals surface area contributed by atoms with Crippen molar-refractivity contribution in [3.8, 4) is 5.69 Å². The van der Waals surface area contributed by atoms with E-state index in [1.165, 1.54) is 23.9 Å². The zero-order valence-electron chi connectivity index (χ0n) is 11.4. The van der Waals surface area contributed by atoms with Gasteiger partial charge in [-0.1, -0.05) is 23.4 Å². The van der Waals surface area contributed by atoms with Gasteiger partial charge in [0.25, 0.3) is 0 Å². The molecule has 8 nitrogen and oxygen atoms in total. The van der Waals surface area contributed by atoms with Gasteiger partial charge in [-0.05, 0) is 52.2 Å². The van der Waals surface area contributed by atoms with Crippen LogP contribution in [0.2, 0.25) is 5.02 Å². The van der Waals surface area contributed by atoms with Crippen LogP contribution in [0.1, 0.15) is 5.76 Å². The molecule has 3 rings (SSSR count). The number of tetrazole rings is 1. The average molecular weight is 350 g/mol. The largest absolute Gasteiger partial charge is 0.433 e. The second-order valence-corrected chi connectivity index (χ2v) is 5.51. The summed E-state index contributed by atoms with van der Waals surface area (Å²) in [4.78, 5) is 9.95. The van der Waals surface area contributed by atoms with Gasteiger partial charge in [0.05, 0.1) is 11.8 Å². The summed E-state index contributed by atoms with van der Waals surface area (Å²) in [6.07, 6.45) is 1.60. The number of furan rings is 1. The van der Waals surface area contributed by atoms with Gasteiger partial charge in [-0.15, -0.1) is 5.10 Å². The van der Waals surface area contributed by atoms with Crippen LogP contribution in [0, 0.1) is 10.1 Å². The van der Waals surface area contributed by atoms with Crippen molar-refractivity contribution >= 4 is 35.3 Å². The van der Waals surface area contributed by atoms with Crippen molar-refractivity contribution in [3.05, 3.63) is 62.7 Å². The summed E-state index contributed by atoms with van der Waals surface area (Å²) in [6.45, 7) is 0. The molecule has 0 saturated heterocycles. The Morgan fingerprint density at radius 1 is 1.26 bits per heavy atom. The zero-order valence-corrected chi connectivity index (χ0v) is 12.9. The monoisotopic (exact) mass is 349 g/mol. The number of nitro groups is 1. The van der Waals surface area contributed by atoms with Crippen LogP contribution >= 0.6 is 23.4 Å². The van der Waals surface area contributed by atoms with Crippen LogP contribution in [0.3, 0.4) is 0 Å². The standard InChI is InChI=1S/C13H8ClN5O3S/c14-9-1-3-10(4-2-9)18-13(15-16-17-18)23-8-7-11-5-6-12(22-11)19(20)21/h1-8H/b8-7+. The molecular weight excluding hydrogens is 342 g/mol. The van der Waals surface area contributed by atoms with E-state index in [0.717, 1.165) is 5.69 Å². The van der Waals surface area contributed by atoms with E-state index in [4.69, 9.17) is 16.0 Å². The lowest BCUT2D eigenvalue weighted by Gasteiger charge is -2.01. The summed E-state index contributed by atoms with van der Waals surface area (Å²) in [5, 5.41) is 24.8. The van der Waals surface area contributed by atoms with E-state index >= 15 is 0 Å². The van der Waals surface area contributed by atoms with E-state index in [9.17, 15) is 10.1 Å². The molecule has 0 bridgehead atoms. The van der Waals surface area contributed by atoms with Crippen molar-refractivity contribution in [3.63, 3.8) is 0 Å². The minimum Gasteiger partial charge on any atom is -0.401 e. The van der Waals surface area contributed by atoms with E-state index in [-0.39, 0.29) is 5.88 Å². The number of hydrogen-bond donors (Lipinski definition) is 0. The summed E-state index contributed by atoms with van der Waals surface area (Å²) >= 11 is 7.10. The molecule has 0 spiro atoms. The Morgan fingerprint density at radius 2 is 2.04 bits per heavy atom. The van der Waals surface area contributed by atoms with Gasteiger partial charge in [0.15, 0.2) is 0 Å².